The minimum atomic E-state index is 0.742. The van der Waals surface area contributed by atoms with Gasteiger partial charge in [0.15, 0.2) is 11.0 Å². The molecule has 0 amide bonds. The van der Waals surface area contributed by atoms with Crippen molar-refractivity contribution in [2.75, 3.05) is 7.11 Å². The molecule has 4 aromatic rings. The summed E-state index contributed by atoms with van der Waals surface area (Å²) in [6, 6.07) is 13.9. The topological polar surface area (TPSA) is 57.2 Å². The number of hydrogen-bond donors (Lipinski definition) is 0. The Labute approximate surface area is 155 Å². The van der Waals surface area contributed by atoms with Crippen molar-refractivity contribution in [1.29, 1.82) is 0 Å². The highest BCUT2D eigenvalue weighted by molar-refractivity contribution is 7.98. The van der Waals surface area contributed by atoms with Gasteiger partial charge in [-0.3, -0.25) is 0 Å². The quantitative estimate of drug-likeness (QED) is 0.485. The molecular weight excluding hydrogens is 346 g/mol. The van der Waals surface area contributed by atoms with E-state index in [1.165, 1.54) is 0 Å². The third-order valence-electron chi connectivity index (χ3n) is 4.14. The minimum absolute atomic E-state index is 0.742. The summed E-state index contributed by atoms with van der Waals surface area (Å²) in [5, 5.41) is 9.68. The van der Waals surface area contributed by atoms with Crippen LogP contribution in [0, 0.1) is 0 Å². The number of ether oxygens (including phenoxy) is 1. The zero-order chi connectivity index (χ0) is 17.9. The fraction of sp³-hybridized carbons (Fsp3) is 0.211. The molecule has 0 aliphatic rings. The van der Waals surface area contributed by atoms with Crippen molar-refractivity contribution in [2.45, 2.75) is 24.4 Å². The molecule has 0 saturated carbocycles. The monoisotopic (exact) mass is 365 g/mol. The molecule has 132 valence electrons. The lowest BCUT2D eigenvalue weighted by Crippen LogP contribution is -2.01. The van der Waals surface area contributed by atoms with Crippen LogP contribution in [0.5, 0.6) is 5.75 Å². The van der Waals surface area contributed by atoms with E-state index in [4.69, 9.17) is 4.74 Å². The highest BCUT2D eigenvalue weighted by Crippen LogP contribution is 2.31. The number of benzene rings is 1. The van der Waals surface area contributed by atoms with Crippen LogP contribution in [0.3, 0.4) is 0 Å². The molecule has 7 heteroatoms. The molecule has 4 rings (SSSR count). The maximum atomic E-state index is 5.47. The molecule has 0 saturated heterocycles. The first-order valence-electron chi connectivity index (χ1n) is 8.42. The Kier molecular flexibility index (Phi) is 4.62. The summed E-state index contributed by atoms with van der Waals surface area (Å²) < 4.78 is 9.61. The van der Waals surface area contributed by atoms with Crippen LogP contribution < -0.4 is 4.74 Å². The van der Waals surface area contributed by atoms with Crippen LogP contribution in [0.25, 0.3) is 17.0 Å². The van der Waals surface area contributed by atoms with Gasteiger partial charge in [-0.1, -0.05) is 30.0 Å². The van der Waals surface area contributed by atoms with Gasteiger partial charge in [-0.2, -0.15) is 0 Å². The predicted octanol–water partition coefficient (Wildman–Crippen LogP) is 3.91. The highest BCUT2D eigenvalue weighted by atomic mass is 32.2. The SMILES string of the molecule is CCn1c(SCc2cn3ccccc3n2)nnc1-c1ccccc1OC. The van der Waals surface area contributed by atoms with Gasteiger partial charge in [-0.25, -0.2) is 4.98 Å². The lowest BCUT2D eigenvalue weighted by Gasteiger charge is -2.10. The Morgan fingerprint density at radius 2 is 1.92 bits per heavy atom. The number of thioether (sulfide) groups is 1. The van der Waals surface area contributed by atoms with Crippen LogP contribution in [0.2, 0.25) is 0 Å². The number of pyridine rings is 1. The van der Waals surface area contributed by atoms with Crippen LogP contribution in [0.15, 0.2) is 60.0 Å². The molecule has 3 aromatic heterocycles. The molecule has 0 spiro atoms. The summed E-state index contributed by atoms with van der Waals surface area (Å²) >= 11 is 1.64. The van der Waals surface area contributed by atoms with Crippen molar-refractivity contribution in [3.8, 4) is 17.1 Å². The Hall–Kier alpha value is -2.80. The maximum Gasteiger partial charge on any atom is 0.191 e. The van der Waals surface area contributed by atoms with E-state index in [0.29, 0.717) is 0 Å². The third-order valence-corrected chi connectivity index (χ3v) is 5.14. The largest absolute Gasteiger partial charge is 0.496 e. The number of hydrogen-bond acceptors (Lipinski definition) is 5. The average Bonchev–Trinajstić information content (AvgIpc) is 3.29. The molecule has 6 nitrogen and oxygen atoms in total. The zero-order valence-electron chi connectivity index (χ0n) is 14.7. The van der Waals surface area contributed by atoms with Gasteiger partial charge in [0.2, 0.25) is 0 Å². The normalized spacial score (nSPS) is 11.2. The van der Waals surface area contributed by atoms with Gasteiger partial charge in [0.05, 0.1) is 18.4 Å². The lowest BCUT2D eigenvalue weighted by atomic mass is 10.2. The van der Waals surface area contributed by atoms with Crippen molar-refractivity contribution in [3.63, 3.8) is 0 Å². The second-order valence-corrected chi connectivity index (χ2v) is 6.68. The second kappa shape index (κ2) is 7.21. The van der Waals surface area contributed by atoms with Gasteiger partial charge in [0.1, 0.15) is 11.4 Å². The van der Waals surface area contributed by atoms with E-state index in [-0.39, 0.29) is 0 Å². The molecule has 0 aliphatic heterocycles. The van der Waals surface area contributed by atoms with E-state index in [1.807, 2.05) is 53.1 Å². The molecule has 0 N–H and O–H groups in total. The molecular formula is C19H19N5OS. The lowest BCUT2D eigenvalue weighted by molar-refractivity contribution is 0.416. The smallest absolute Gasteiger partial charge is 0.191 e. The van der Waals surface area contributed by atoms with Crippen molar-refractivity contribution in [1.82, 2.24) is 24.1 Å². The zero-order valence-corrected chi connectivity index (χ0v) is 15.5. The summed E-state index contributed by atoms with van der Waals surface area (Å²) in [7, 11) is 1.67. The summed E-state index contributed by atoms with van der Waals surface area (Å²) in [4.78, 5) is 4.64. The number of methoxy groups -OCH3 is 1. The molecule has 0 radical (unpaired) electrons. The summed E-state index contributed by atoms with van der Waals surface area (Å²) in [5.41, 5.74) is 2.92. The molecule has 3 heterocycles. The molecule has 0 unspecified atom stereocenters. The molecule has 1 aromatic carbocycles. The van der Waals surface area contributed by atoms with E-state index in [9.17, 15) is 0 Å². The second-order valence-electron chi connectivity index (χ2n) is 5.74. The summed E-state index contributed by atoms with van der Waals surface area (Å²) in [5.74, 6) is 2.36. The Morgan fingerprint density at radius 3 is 2.73 bits per heavy atom. The first-order chi connectivity index (χ1) is 12.8. The van der Waals surface area contributed by atoms with E-state index in [1.54, 1.807) is 18.9 Å². The van der Waals surface area contributed by atoms with Crippen LogP contribution in [-0.4, -0.2) is 31.3 Å². The predicted molar refractivity (Wildman–Crippen MR) is 102 cm³/mol. The van der Waals surface area contributed by atoms with Gasteiger partial charge in [0.25, 0.3) is 0 Å². The Bertz CT molecular complexity index is 1010. The molecule has 0 atom stereocenters. The van der Waals surface area contributed by atoms with E-state index >= 15 is 0 Å². The van der Waals surface area contributed by atoms with Crippen LogP contribution in [0.4, 0.5) is 0 Å². The number of imidazole rings is 1. The summed E-state index contributed by atoms with van der Waals surface area (Å²) in [6.07, 6.45) is 4.06. The molecule has 0 aliphatic carbocycles. The average molecular weight is 365 g/mol. The number of para-hydroxylation sites is 1. The van der Waals surface area contributed by atoms with Crippen LogP contribution in [0.1, 0.15) is 12.6 Å². The van der Waals surface area contributed by atoms with Gasteiger partial charge < -0.3 is 13.7 Å². The third kappa shape index (κ3) is 3.06. The van der Waals surface area contributed by atoms with E-state index in [2.05, 4.69) is 32.9 Å². The summed E-state index contributed by atoms with van der Waals surface area (Å²) in [6.45, 7) is 2.88. The van der Waals surface area contributed by atoms with Gasteiger partial charge >= 0.3 is 0 Å². The minimum Gasteiger partial charge on any atom is -0.496 e. The van der Waals surface area contributed by atoms with Gasteiger partial charge in [0, 0.05) is 24.7 Å². The maximum absolute atomic E-state index is 5.47. The van der Waals surface area contributed by atoms with Gasteiger partial charge in [-0.15, -0.1) is 10.2 Å². The van der Waals surface area contributed by atoms with E-state index in [0.717, 1.165) is 45.9 Å². The number of nitrogens with zero attached hydrogens (tertiary/aromatic N) is 5. The highest BCUT2D eigenvalue weighted by Gasteiger charge is 2.16. The Balaban J connectivity index is 1.60. The fourth-order valence-electron chi connectivity index (χ4n) is 2.90. The number of rotatable bonds is 6. The molecule has 0 bridgehead atoms. The fourth-order valence-corrected chi connectivity index (χ4v) is 3.79. The number of aromatic nitrogens is 5. The molecule has 26 heavy (non-hydrogen) atoms. The molecule has 0 fully saturated rings. The number of fused-ring (bicyclic) bond motifs is 1. The first kappa shape index (κ1) is 16.7. The first-order valence-corrected chi connectivity index (χ1v) is 9.40. The van der Waals surface area contributed by atoms with Crippen molar-refractivity contribution < 1.29 is 4.74 Å². The van der Waals surface area contributed by atoms with Crippen molar-refractivity contribution in [2.24, 2.45) is 0 Å². The standard InChI is InChI=1S/C19H19N5OS/c1-3-24-18(15-8-4-5-9-16(15)25-2)21-22-19(24)26-13-14-12-23-11-7-6-10-17(23)20-14/h4-12H,3,13H2,1-2H3. The van der Waals surface area contributed by atoms with E-state index < -0.39 is 0 Å². The van der Waals surface area contributed by atoms with Crippen molar-refractivity contribution in [3.05, 3.63) is 60.6 Å². The van der Waals surface area contributed by atoms with Crippen LogP contribution >= 0.6 is 11.8 Å². The van der Waals surface area contributed by atoms with Gasteiger partial charge in [-0.05, 0) is 31.2 Å². The van der Waals surface area contributed by atoms with Crippen molar-refractivity contribution >= 4 is 17.4 Å². The Morgan fingerprint density at radius 1 is 1.08 bits per heavy atom. The van der Waals surface area contributed by atoms with Crippen LogP contribution in [-0.2, 0) is 12.3 Å².